The molecule has 0 bridgehead atoms. The van der Waals surface area contributed by atoms with Gasteiger partial charge in [0.05, 0.1) is 12.2 Å². The molecule has 0 aromatic heterocycles. The molecule has 4 heteroatoms. The monoisotopic (exact) mass is 350 g/mol. The molecule has 1 heterocycles. The molecule has 0 atom stereocenters. The van der Waals surface area contributed by atoms with E-state index in [9.17, 15) is 4.79 Å². The first-order valence-corrected chi connectivity index (χ1v) is 7.49. The number of ether oxygens (including phenoxy) is 1. The topological polar surface area (TPSA) is 26.3 Å². The molecule has 20 heavy (non-hydrogen) atoms. The highest BCUT2D eigenvalue weighted by molar-refractivity contribution is 9.10. The second kappa shape index (κ2) is 5.23. The van der Waals surface area contributed by atoms with Crippen LogP contribution in [0.25, 0.3) is 0 Å². The molecule has 1 aliphatic heterocycles. The van der Waals surface area contributed by atoms with E-state index in [1.165, 1.54) is 0 Å². The fraction of sp³-hybridized carbons (Fsp3) is 0.188. The van der Waals surface area contributed by atoms with Crippen molar-refractivity contribution in [2.45, 2.75) is 13.3 Å². The Balaban J connectivity index is 2.14. The molecule has 2 aromatic carbocycles. The van der Waals surface area contributed by atoms with Gasteiger partial charge < -0.3 is 4.74 Å². The Kier molecular flexibility index (Phi) is 3.57. The van der Waals surface area contributed by atoms with Gasteiger partial charge in [-0.3, -0.25) is 4.79 Å². The van der Waals surface area contributed by atoms with Crippen LogP contribution in [0.1, 0.15) is 27.0 Å². The number of benzene rings is 2. The van der Waals surface area contributed by atoms with Crippen LogP contribution in [0.4, 0.5) is 0 Å². The summed E-state index contributed by atoms with van der Waals surface area (Å²) in [6, 6.07) is 9.26. The molecule has 0 fully saturated rings. The molecule has 0 radical (unpaired) electrons. The van der Waals surface area contributed by atoms with Crippen LogP contribution < -0.4 is 4.74 Å². The van der Waals surface area contributed by atoms with Gasteiger partial charge >= 0.3 is 0 Å². The Morgan fingerprint density at radius 2 is 2.05 bits per heavy atom. The van der Waals surface area contributed by atoms with E-state index in [1.807, 2.05) is 31.2 Å². The molecular formula is C16H12BrClO2. The van der Waals surface area contributed by atoms with E-state index in [0.29, 0.717) is 28.5 Å². The van der Waals surface area contributed by atoms with Gasteiger partial charge in [0.25, 0.3) is 0 Å². The van der Waals surface area contributed by atoms with Crippen molar-refractivity contribution in [3.63, 3.8) is 0 Å². The third-order valence-corrected chi connectivity index (χ3v) is 4.27. The lowest BCUT2D eigenvalue weighted by Gasteiger charge is -2.10. The molecule has 2 nitrogen and oxygen atoms in total. The van der Waals surface area contributed by atoms with Gasteiger partial charge in [0.1, 0.15) is 5.75 Å². The first-order valence-electron chi connectivity index (χ1n) is 6.32. The quantitative estimate of drug-likeness (QED) is 0.741. The third kappa shape index (κ3) is 2.36. The zero-order chi connectivity index (χ0) is 14.3. The molecular weight excluding hydrogens is 340 g/mol. The number of ketones is 1. The maximum absolute atomic E-state index is 12.8. The first kappa shape index (κ1) is 13.7. The summed E-state index contributed by atoms with van der Waals surface area (Å²) >= 11 is 9.54. The standard InChI is InChI=1S/C16H12BrClO2/c1-9-2-3-14(17)12(6-9)15(19)13-8-11(18)7-10-4-5-20-16(10)13/h2-3,6-8H,4-5H2,1H3. The maximum Gasteiger partial charge on any atom is 0.197 e. The molecule has 0 saturated carbocycles. The highest BCUT2D eigenvalue weighted by Crippen LogP contribution is 2.35. The van der Waals surface area contributed by atoms with Crippen molar-refractivity contribution in [2.24, 2.45) is 0 Å². The van der Waals surface area contributed by atoms with E-state index in [1.54, 1.807) is 6.07 Å². The summed E-state index contributed by atoms with van der Waals surface area (Å²) in [6.07, 6.45) is 0.797. The fourth-order valence-electron chi connectivity index (χ4n) is 2.40. The van der Waals surface area contributed by atoms with E-state index in [-0.39, 0.29) is 5.78 Å². The summed E-state index contributed by atoms with van der Waals surface area (Å²) in [5.41, 5.74) is 3.21. The zero-order valence-electron chi connectivity index (χ0n) is 10.9. The van der Waals surface area contributed by atoms with E-state index in [0.717, 1.165) is 22.0 Å². The van der Waals surface area contributed by atoms with Crippen LogP contribution in [0.2, 0.25) is 5.02 Å². The predicted molar refractivity (Wildman–Crippen MR) is 83.0 cm³/mol. The van der Waals surface area contributed by atoms with Crippen LogP contribution >= 0.6 is 27.5 Å². The zero-order valence-corrected chi connectivity index (χ0v) is 13.2. The fourth-order valence-corrected chi connectivity index (χ4v) is 3.06. The number of hydrogen-bond acceptors (Lipinski definition) is 2. The number of halogens is 2. The Hall–Kier alpha value is -1.32. The Morgan fingerprint density at radius 1 is 1.25 bits per heavy atom. The van der Waals surface area contributed by atoms with Gasteiger partial charge in [0.15, 0.2) is 5.78 Å². The molecule has 2 aromatic rings. The lowest BCUT2D eigenvalue weighted by atomic mass is 9.98. The summed E-state index contributed by atoms with van der Waals surface area (Å²) in [6.45, 7) is 2.56. The van der Waals surface area contributed by atoms with Gasteiger partial charge in [-0.1, -0.05) is 39.2 Å². The van der Waals surface area contributed by atoms with Crippen molar-refractivity contribution in [1.29, 1.82) is 0 Å². The van der Waals surface area contributed by atoms with Crippen molar-refractivity contribution in [3.8, 4) is 5.75 Å². The lowest BCUT2D eigenvalue weighted by molar-refractivity contribution is 0.103. The van der Waals surface area contributed by atoms with E-state index in [2.05, 4.69) is 15.9 Å². The average molecular weight is 352 g/mol. The highest BCUT2D eigenvalue weighted by Gasteiger charge is 2.24. The summed E-state index contributed by atoms with van der Waals surface area (Å²) in [5.74, 6) is 0.606. The summed E-state index contributed by atoms with van der Waals surface area (Å²) in [7, 11) is 0. The van der Waals surface area contributed by atoms with Gasteiger partial charge in [-0.2, -0.15) is 0 Å². The van der Waals surface area contributed by atoms with Crippen LogP contribution in [0.3, 0.4) is 0 Å². The van der Waals surface area contributed by atoms with Crippen molar-refractivity contribution in [1.82, 2.24) is 0 Å². The highest BCUT2D eigenvalue weighted by atomic mass is 79.9. The number of carbonyl (C=O) groups excluding carboxylic acids is 1. The van der Waals surface area contributed by atoms with Crippen LogP contribution in [-0.4, -0.2) is 12.4 Å². The van der Waals surface area contributed by atoms with Crippen LogP contribution in [0, 0.1) is 6.92 Å². The molecule has 3 rings (SSSR count). The number of rotatable bonds is 2. The third-order valence-electron chi connectivity index (χ3n) is 3.36. The van der Waals surface area contributed by atoms with Crippen molar-refractivity contribution in [3.05, 3.63) is 62.1 Å². The summed E-state index contributed by atoms with van der Waals surface area (Å²) in [4.78, 5) is 12.8. The number of aryl methyl sites for hydroxylation is 1. The van der Waals surface area contributed by atoms with E-state index < -0.39 is 0 Å². The van der Waals surface area contributed by atoms with Gasteiger partial charge in [-0.15, -0.1) is 0 Å². The predicted octanol–water partition coefficient (Wildman–Crippen LogP) is 4.58. The van der Waals surface area contributed by atoms with Gasteiger partial charge in [-0.25, -0.2) is 0 Å². The van der Waals surface area contributed by atoms with Crippen molar-refractivity contribution >= 4 is 33.3 Å². The number of carbonyl (C=O) groups is 1. The van der Waals surface area contributed by atoms with E-state index >= 15 is 0 Å². The second-order valence-corrected chi connectivity index (χ2v) is 6.14. The van der Waals surface area contributed by atoms with Crippen LogP contribution in [-0.2, 0) is 6.42 Å². The van der Waals surface area contributed by atoms with E-state index in [4.69, 9.17) is 16.3 Å². The minimum atomic E-state index is -0.0683. The van der Waals surface area contributed by atoms with Crippen LogP contribution in [0.5, 0.6) is 5.75 Å². The maximum atomic E-state index is 12.8. The minimum absolute atomic E-state index is 0.0683. The summed E-state index contributed by atoms with van der Waals surface area (Å²) in [5, 5.41) is 0.571. The smallest absolute Gasteiger partial charge is 0.197 e. The molecule has 0 N–H and O–H groups in total. The van der Waals surface area contributed by atoms with Gasteiger partial charge in [0, 0.05) is 21.5 Å². The SMILES string of the molecule is Cc1ccc(Br)c(C(=O)c2cc(Cl)cc3c2OCC3)c1. The molecule has 0 saturated heterocycles. The first-order chi connectivity index (χ1) is 9.56. The molecule has 0 amide bonds. The van der Waals surface area contributed by atoms with Crippen molar-refractivity contribution < 1.29 is 9.53 Å². The molecule has 102 valence electrons. The Morgan fingerprint density at radius 3 is 2.85 bits per heavy atom. The molecule has 0 spiro atoms. The molecule has 0 unspecified atom stereocenters. The normalized spacial score (nSPS) is 12.9. The number of hydrogen-bond donors (Lipinski definition) is 0. The molecule has 0 aliphatic carbocycles. The average Bonchev–Trinajstić information content (AvgIpc) is 2.87. The van der Waals surface area contributed by atoms with Gasteiger partial charge in [-0.05, 0) is 36.8 Å². The second-order valence-electron chi connectivity index (χ2n) is 4.85. The minimum Gasteiger partial charge on any atom is -0.492 e. The summed E-state index contributed by atoms with van der Waals surface area (Å²) < 4.78 is 6.38. The Labute approximate surface area is 130 Å². The largest absolute Gasteiger partial charge is 0.492 e. The lowest BCUT2D eigenvalue weighted by Crippen LogP contribution is -2.05. The number of fused-ring (bicyclic) bond motifs is 1. The Bertz CT molecular complexity index is 710. The van der Waals surface area contributed by atoms with Gasteiger partial charge in [0.2, 0.25) is 0 Å². The van der Waals surface area contributed by atoms with Crippen LogP contribution in [0.15, 0.2) is 34.8 Å². The van der Waals surface area contributed by atoms with Crippen molar-refractivity contribution in [2.75, 3.05) is 6.61 Å². The molecule has 1 aliphatic rings.